The Balaban J connectivity index is 1.32. The first-order chi connectivity index (χ1) is 16.6. The van der Waals surface area contributed by atoms with Crippen LogP contribution in [0.3, 0.4) is 0 Å². The van der Waals surface area contributed by atoms with Crippen molar-refractivity contribution < 1.29 is 13.9 Å². The number of halogens is 1. The zero-order valence-corrected chi connectivity index (χ0v) is 19.4. The number of hydrogen-bond acceptors (Lipinski definition) is 4. The second-order valence-electron chi connectivity index (χ2n) is 9.20. The summed E-state index contributed by atoms with van der Waals surface area (Å²) in [7, 11) is 0. The molecule has 2 aliphatic rings. The fourth-order valence-electron chi connectivity index (χ4n) is 5.37. The van der Waals surface area contributed by atoms with Crippen molar-refractivity contribution in [3.05, 3.63) is 64.1 Å². The first kappa shape index (κ1) is 22.4. The van der Waals surface area contributed by atoms with Crippen LogP contribution in [0, 0.1) is 17.1 Å². The van der Waals surface area contributed by atoms with Gasteiger partial charge in [0.15, 0.2) is 11.6 Å². The fraction of sp³-hybridized carbons (Fsp3) is 0.407. The number of benzene rings is 2. The van der Waals surface area contributed by atoms with E-state index >= 15 is 0 Å². The largest absolute Gasteiger partial charge is 0.489 e. The molecule has 0 spiro atoms. The summed E-state index contributed by atoms with van der Waals surface area (Å²) in [6, 6.07) is 9.51. The molecule has 2 N–H and O–H groups in total. The van der Waals surface area contributed by atoms with E-state index in [0.717, 1.165) is 48.8 Å². The zero-order chi connectivity index (χ0) is 23.7. The van der Waals surface area contributed by atoms with E-state index in [1.807, 2.05) is 24.4 Å². The van der Waals surface area contributed by atoms with Crippen molar-refractivity contribution in [2.45, 2.75) is 45.1 Å². The topological polar surface area (TPSA) is 81.2 Å². The molecule has 5 rings (SSSR count). The number of ether oxygens (including phenoxy) is 1. The maximum absolute atomic E-state index is 14.7. The summed E-state index contributed by atoms with van der Waals surface area (Å²) < 4.78 is 20.6. The molecule has 0 radical (unpaired) electrons. The molecule has 176 valence electrons. The van der Waals surface area contributed by atoms with Gasteiger partial charge in [0.25, 0.3) is 5.91 Å². The molecule has 34 heavy (non-hydrogen) atoms. The second-order valence-corrected chi connectivity index (χ2v) is 9.20. The van der Waals surface area contributed by atoms with Gasteiger partial charge in [-0.15, -0.1) is 0 Å². The van der Waals surface area contributed by atoms with Crippen molar-refractivity contribution in [1.29, 1.82) is 5.26 Å². The lowest BCUT2D eigenvalue weighted by molar-refractivity contribution is 0.0931. The van der Waals surface area contributed by atoms with Crippen LogP contribution >= 0.6 is 0 Å². The molecule has 1 aromatic heterocycles. The Bertz CT molecular complexity index is 1280. The molecule has 0 fully saturated rings. The molecule has 0 saturated heterocycles. The highest BCUT2D eigenvalue weighted by atomic mass is 19.1. The van der Waals surface area contributed by atoms with Crippen LogP contribution in [0.2, 0.25) is 0 Å². The number of fused-ring (bicyclic) bond motifs is 4. The molecule has 0 saturated carbocycles. The Morgan fingerprint density at radius 1 is 1.29 bits per heavy atom. The summed E-state index contributed by atoms with van der Waals surface area (Å²) in [6.45, 7) is 4.91. The number of H-pyrrole nitrogens is 1. The van der Waals surface area contributed by atoms with E-state index in [9.17, 15) is 14.4 Å². The van der Waals surface area contributed by atoms with Crippen LogP contribution < -0.4 is 10.1 Å². The van der Waals surface area contributed by atoms with Gasteiger partial charge in [0.1, 0.15) is 6.61 Å². The van der Waals surface area contributed by atoms with Crippen molar-refractivity contribution in [3.63, 3.8) is 0 Å². The maximum atomic E-state index is 14.7. The summed E-state index contributed by atoms with van der Waals surface area (Å²) in [6.07, 6.45) is 6.14. The standard InChI is InChI=1S/C27H29FN4O2/c1-2-9-32(10-3-4-19-15-31-24-6-5-17(14-29)11-21(19)24)20-13-22-25-18(7-8-30-27(25)33)12-23(28)26(22)34-16-20/h5-6,11-12,15,20,31H,2-4,7-10,13,16H2,1H3,(H,30,33). The molecule has 2 aliphatic heterocycles. The number of carbonyl (C=O) groups is 1. The normalized spacial score (nSPS) is 17.1. The minimum Gasteiger partial charge on any atom is -0.489 e. The van der Waals surface area contributed by atoms with Gasteiger partial charge in [0.2, 0.25) is 0 Å². The average molecular weight is 461 g/mol. The molecule has 3 aromatic rings. The van der Waals surface area contributed by atoms with E-state index in [-0.39, 0.29) is 23.5 Å². The number of nitrogens with zero attached hydrogens (tertiary/aromatic N) is 2. The van der Waals surface area contributed by atoms with Gasteiger partial charge >= 0.3 is 0 Å². The number of nitriles is 1. The molecule has 6 nitrogen and oxygen atoms in total. The van der Waals surface area contributed by atoms with Gasteiger partial charge in [-0.3, -0.25) is 9.69 Å². The molecule has 1 amide bonds. The Morgan fingerprint density at radius 3 is 3.00 bits per heavy atom. The van der Waals surface area contributed by atoms with E-state index in [1.165, 1.54) is 11.6 Å². The summed E-state index contributed by atoms with van der Waals surface area (Å²) >= 11 is 0. The highest BCUT2D eigenvalue weighted by Gasteiger charge is 2.33. The predicted octanol–water partition coefficient (Wildman–Crippen LogP) is 4.11. The van der Waals surface area contributed by atoms with E-state index in [2.05, 4.69) is 28.2 Å². The van der Waals surface area contributed by atoms with E-state index in [0.29, 0.717) is 42.7 Å². The third-order valence-electron chi connectivity index (χ3n) is 7.00. The Labute approximate surface area is 198 Å². The molecule has 2 aromatic carbocycles. The molecule has 3 heterocycles. The smallest absolute Gasteiger partial charge is 0.251 e. The van der Waals surface area contributed by atoms with Gasteiger partial charge in [0.05, 0.1) is 11.6 Å². The molecular formula is C27H29FN4O2. The van der Waals surface area contributed by atoms with Crippen LogP contribution in [0.15, 0.2) is 30.5 Å². The molecule has 1 unspecified atom stereocenters. The minimum absolute atomic E-state index is 0.0984. The van der Waals surface area contributed by atoms with Gasteiger partial charge in [-0.25, -0.2) is 4.39 Å². The lowest BCUT2D eigenvalue weighted by Crippen LogP contribution is -2.45. The van der Waals surface area contributed by atoms with Crippen LogP contribution in [0.4, 0.5) is 4.39 Å². The van der Waals surface area contributed by atoms with Crippen LogP contribution in [0.1, 0.15) is 52.4 Å². The molecule has 7 heteroatoms. The number of aromatic amines is 1. The number of amides is 1. The third kappa shape index (κ3) is 4.14. The SMILES string of the molecule is CCCN(CCCc1c[nH]c2ccc(C#N)cc12)C1COc2c(F)cc3c(c2C1)C(=O)NCC3. The van der Waals surface area contributed by atoms with Gasteiger partial charge in [-0.05, 0) is 80.6 Å². The Morgan fingerprint density at radius 2 is 2.18 bits per heavy atom. The second kappa shape index (κ2) is 9.47. The number of carbonyl (C=O) groups excluding carboxylic acids is 1. The van der Waals surface area contributed by atoms with Gasteiger partial charge in [0, 0.05) is 40.8 Å². The van der Waals surface area contributed by atoms with E-state index < -0.39 is 0 Å². The van der Waals surface area contributed by atoms with Gasteiger partial charge in [-0.1, -0.05) is 6.92 Å². The molecule has 1 atom stereocenters. The quantitative estimate of drug-likeness (QED) is 0.556. The van der Waals surface area contributed by atoms with Crippen LogP contribution in [-0.2, 0) is 19.3 Å². The summed E-state index contributed by atoms with van der Waals surface area (Å²) in [4.78, 5) is 18.3. The first-order valence-electron chi connectivity index (χ1n) is 12.1. The number of rotatable bonds is 7. The fourth-order valence-corrected chi connectivity index (χ4v) is 5.37. The van der Waals surface area contributed by atoms with Crippen LogP contribution in [-0.4, -0.2) is 48.1 Å². The monoisotopic (exact) mass is 460 g/mol. The van der Waals surface area contributed by atoms with E-state index in [4.69, 9.17) is 4.74 Å². The molecule has 0 bridgehead atoms. The zero-order valence-electron chi connectivity index (χ0n) is 19.4. The lowest BCUT2D eigenvalue weighted by atomic mass is 9.89. The number of aryl methyl sites for hydroxylation is 1. The highest BCUT2D eigenvalue weighted by molar-refractivity contribution is 5.99. The summed E-state index contributed by atoms with van der Waals surface area (Å²) in [5.41, 5.74) is 5.02. The molecule has 0 aliphatic carbocycles. The van der Waals surface area contributed by atoms with Crippen molar-refractivity contribution in [2.75, 3.05) is 26.2 Å². The Hall–Kier alpha value is -3.37. The summed E-state index contributed by atoms with van der Waals surface area (Å²) in [5, 5.41) is 13.2. The average Bonchev–Trinajstić information content (AvgIpc) is 3.25. The minimum atomic E-state index is -0.361. The van der Waals surface area contributed by atoms with E-state index in [1.54, 1.807) is 0 Å². The summed E-state index contributed by atoms with van der Waals surface area (Å²) in [5.74, 6) is -0.240. The third-order valence-corrected chi connectivity index (χ3v) is 7.00. The number of hydrogen-bond donors (Lipinski definition) is 2. The maximum Gasteiger partial charge on any atom is 0.251 e. The van der Waals surface area contributed by atoms with Crippen LogP contribution in [0.25, 0.3) is 10.9 Å². The van der Waals surface area contributed by atoms with Crippen molar-refractivity contribution in [3.8, 4) is 11.8 Å². The highest BCUT2D eigenvalue weighted by Crippen LogP contribution is 2.36. The lowest BCUT2D eigenvalue weighted by Gasteiger charge is -2.36. The van der Waals surface area contributed by atoms with Gasteiger partial charge < -0.3 is 15.0 Å². The van der Waals surface area contributed by atoms with Crippen molar-refractivity contribution in [1.82, 2.24) is 15.2 Å². The van der Waals surface area contributed by atoms with Crippen molar-refractivity contribution in [2.24, 2.45) is 0 Å². The first-order valence-corrected chi connectivity index (χ1v) is 12.1. The van der Waals surface area contributed by atoms with Crippen molar-refractivity contribution >= 4 is 16.8 Å². The Kier molecular flexibility index (Phi) is 6.25. The number of nitrogens with one attached hydrogen (secondary N) is 2. The van der Waals surface area contributed by atoms with Gasteiger partial charge in [-0.2, -0.15) is 5.26 Å². The molecular weight excluding hydrogens is 431 g/mol. The predicted molar refractivity (Wildman–Crippen MR) is 129 cm³/mol. The number of aromatic nitrogens is 1. The van der Waals surface area contributed by atoms with Crippen LogP contribution in [0.5, 0.6) is 5.75 Å².